The molecule has 2 aliphatic rings. The highest BCUT2D eigenvalue weighted by Crippen LogP contribution is 2.35. The molecule has 3 amide bonds. The summed E-state index contributed by atoms with van der Waals surface area (Å²) < 4.78 is 5.90. The number of nitrogens with one attached hydrogen (secondary N) is 2. The number of esters is 1. The van der Waals surface area contributed by atoms with Gasteiger partial charge in [0.1, 0.15) is 11.1 Å². The van der Waals surface area contributed by atoms with Crippen LogP contribution < -0.4 is 10.6 Å². The number of carbonyl (C=O) groups excluding carboxylic acids is 4. The Balaban J connectivity index is 1.57. The summed E-state index contributed by atoms with van der Waals surface area (Å²) >= 11 is 0. The number of nitrogens with zero attached hydrogens (tertiary/aromatic N) is 1. The molecule has 0 spiro atoms. The maximum Gasteiger partial charge on any atom is 0.332 e. The predicted octanol–water partition coefficient (Wildman–Crippen LogP) is 2.95. The lowest BCUT2D eigenvalue weighted by molar-refractivity contribution is -0.165. The zero-order valence-corrected chi connectivity index (χ0v) is 22.5. The summed E-state index contributed by atoms with van der Waals surface area (Å²) in [5.41, 5.74) is -1.56. The average Bonchev–Trinajstić information content (AvgIpc) is 3.62. The van der Waals surface area contributed by atoms with Crippen molar-refractivity contribution in [3.63, 3.8) is 0 Å². The monoisotopic (exact) mass is 535 g/mol. The highest BCUT2D eigenvalue weighted by molar-refractivity contribution is 5.95. The third kappa shape index (κ3) is 6.14. The van der Waals surface area contributed by atoms with E-state index in [4.69, 9.17) is 4.74 Å². The van der Waals surface area contributed by atoms with Crippen LogP contribution in [0, 0.1) is 0 Å². The largest absolute Gasteiger partial charge is 0.446 e. The number of aliphatic hydroxyl groups is 1. The minimum absolute atomic E-state index is 0.194. The molecule has 0 heterocycles. The van der Waals surface area contributed by atoms with E-state index in [0.717, 1.165) is 12.8 Å². The number of rotatable bonds is 9. The quantitative estimate of drug-likeness (QED) is 0.424. The molecule has 0 aliphatic heterocycles. The number of amides is 3. The number of aliphatic hydroxyl groups excluding tert-OH is 1. The van der Waals surface area contributed by atoms with Crippen molar-refractivity contribution in [3.8, 4) is 0 Å². The Morgan fingerprint density at radius 1 is 0.744 bits per heavy atom. The van der Waals surface area contributed by atoms with Crippen molar-refractivity contribution in [2.45, 2.75) is 74.7 Å². The fourth-order valence-corrected chi connectivity index (χ4v) is 5.67. The van der Waals surface area contributed by atoms with Crippen LogP contribution in [0.4, 0.5) is 0 Å². The van der Waals surface area contributed by atoms with Crippen molar-refractivity contribution in [2.24, 2.45) is 0 Å². The molecular formula is C30H37N3O6. The van der Waals surface area contributed by atoms with Crippen LogP contribution in [0.15, 0.2) is 60.7 Å². The van der Waals surface area contributed by atoms with Gasteiger partial charge in [-0.2, -0.15) is 0 Å². The van der Waals surface area contributed by atoms with E-state index in [2.05, 4.69) is 10.6 Å². The average molecular weight is 536 g/mol. The molecule has 39 heavy (non-hydrogen) atoms. The van der Waals surface area contributed by atoms with Crippen LogP contribution >= 0.6 is 0 Å². The smallest absolute Gasteiger partial charge is 0.332 e. The van der Waals surface area contributed by atoms with Gasteiger partial charge in [0.2, 0.25) is 12.0 Å². The first-order valence-corrected chi connectivity index (χ1v) is 13.5. The van der Waals surface area contributed by atoms with Crippen LogP contribution in [0.25, 0.3) is 0 Å². The van der Waals surface area contributed by atoms with Crippen LogP contribution in [-0.4, -0.2) is 58.9 Å². The normalized spacial score (nSPS) is 18.9. The molecule has 3 N–H and O–H groups in total. The van der Waals surface area contributed by atoms with Gasteiger partial charge in [0.25, 0.3) is 11.8 Å². The molecule has 2 saturated carbocycles. The Morgan fingerprint density at radius 3 is 1.72 bits per heavy atom. The zero-order chi connectivity index (χ0) is 28.0. The second-order valence-corrected chi connectivity index (χ2v) is 10.8. The fourth-order valence-electron chi connectivity index (χ4n) is 5.67. The van der Waals surface area contributed by atoms with Crippen LogP contribution in [0.2, 0.25) is 0 Å². The molecule has 4 rings (SSSR count). The molecule has 0 aromatic heterocycles. The van der Waals surface area contributed by atoms with Crippen LogP contribution in [-0.2, 0) is 23.9 Å². The van der Waals surface area contributed by atoms with Crippen molar-refractivity contribution in [3.05, 3.63) is 71.8 Å². The van der Waals surface area contributed by atoms with Gasteiger partial charge < -0.3 is 25.4 Å². The van der Waals surface area contributed by atoms with Gasteiger partial charge in [0.15, 0.2) is 6.10 Å². The zero-order valence-electron chi connectivity index (χ0n) is 22.5. The Bertz CT molecular complexity index is 1170. The van der Waals surface area contributed by atoms with E-state index >= 15 is 0 Å². The highest BCUT2D eigenvalue weighted by Gasteiger charge is 2.48. The molecule has 2 fully saturated rings. The third-order valence-corrected chi connectivity index (χ3v) is 7.77. The summed E-state index contributed by atoms with van der Waals surface area (Å²) in [7, 11) is 3.30. The molecule has 2 atom stereocenters. The molecule has 2 aromatic carbocycles. The summed E-state index contributed by atoms with van der Waals surface area (Å²) in [6.07, 6.45) is 1.84. The van der Waals surface area contributed by atoms with E-state index in [-0.39, 0.29) is 5.91 Å². The SMILES string of the molecule is CN(C)C(=O)C1(NC(=O)[C@@H](OC(=O)C2(NC(=O)[C@H](O)c3ccccc3)CCCC2)c2ccccc2)CCCC1. The molecule has 0 unspecified atom stereocenters. The highest BCUT2D eigenvalue weighted by atomic mass is 16.6. The second-order valence-electron chi connectivity index (χ2n) is 10.8. The van der Waals surface area contributed by atoms with E-state index < -0.39 is 41.1 Å². The number of hydrogen-bond donors (Lipinski definition) is 3. The molecule has 0 bridgehead atoms. The van der Waals surface area contributed by atoms with Gasteiger partial charge in [-0.1, -0.05) is 86.3 Å². The Labute approximate surface area is 228 Å². The summed E-state index contributed by atoms with van der Waals surface area (Å²) in [5, 5.41) is 16.3. The standard InChI is InChI=1S/C30H37N3O6/c1-33(2)27(37)29(17-9-10-18-29)32-26(36)24(22-15-7-4-8-16-22)39-28(38)30(19-11-12-20-30)31-25(35)23(34)21-13-5-3-6-14-21/h3-8,13-16,23-24,34H,9-12,17-20H2,1-2H3,(H,31,35)(H,32,36)/t23-,24+/m1/s1. The van der Waals surface area contributed by atoms with Gasteiger partial charge in [0.05, 0.1) is 0 Å². The lowest BCUT2D eigenvalue weighted by Gasteiger charge is -2.34. The van der Waals surface area contributed by atoms with Gasteiger partial charge in [-0.3, -0.25) is 14.4 Å². The molecular weight excluding hydrogens is 498 g/mol. The number of ether oxygens (including phenoxy) is 1. The maximum atomic E-state index is 13.7. The maximum absolute atomic E-state index is 13.7. The minimum atomic E-state index is -1.45. The van der Waals surface area contributed by atoms with Crippen molar-refractivity contribution in [1.82, 2.24) is 15.5 Å². The van der Waals surface area contributed by atoms with Crippen molar-refractivity contribution in [2.75, 3.05) is 14.1 Å². The van der Waals surface area contributed by atoms with E-state index in [1.54, 1.807) is 74.8 Å². The van der Waals surface area contributed by atoms with Crippen LogP contribution in [0.1, 0.15) is 74.7 Å². The Kier molecular flexibility index (Phi) is 8.70. The van der Waals surface area contributed by atoms with E-state index in [1.165, 1.54) is 4.90 Å². The van der Waals surface area contributed by atoms with Gasteiger partial charge >= 0.3 is 5.97 Å². The summed E-state index contributed by atoms with van der Waals surface area (Å²) in [6, 6.07) is 17.1. The lowest BCUT2D eigenvalue weighted by Crippen LogP contribution is -2.59. The molecule has 0 radical (unpaired) electrons. The van der Waals surface area contributed by atoms with Crippen molar-refractivity contribution < 1.29 is 29.0 Å². The first-order chi connectivity index (χ1) is 18.7. The molecule has 2 aliphatic carbocycles. The predicted molar refractivity (Wildman–Crippen MR) is 144 cm³/mol. The van der Waals surface area contributed by atoms with Crippen molar-refractivity contribution in [1.29, 1.82) is 0 Å². The van der Waals surface area contributed by atoms with Crippen LogP contribution in [0.3, 0.4) is 0 Å². The Hall–Kier alpha value is -3.72. The summed E-state index contributed by atoms with van der Waals surface area (Å²) in [5.74, 6) is -2.23. The van der Waals surface area contributed by atoms with E-state index in [0.29, 0.717) is 49.7 Å². The molecule has 2 aromatic rings. The van der Waals surface area contributed by atoms with Gasteiger partial charge in [-0.05, 0) is 31.2 Å². The van der Waals surface area contributed by atoms with Crippen LogP contribution in [0.5, 0.6) is 0 Å². The number of benzene rings is 2. The lowest BCUT2D eigenvalue weighted by atomic mass is 9.94. The van der Waals surface area contributed by atoms with Gasteiger partial charge in [-0.15, -0.1) is 0 Å². The number of carbonyl (C=O) groups is 4. The first kappa shape index (κ1) is 28.3. The number of likely N-dealkylation sites (N-methyl/N-ethyl adjacent to an activating group) is 1. The van der Waals surface area contributed by atoms with Crippen molar-refractivity contribution >= 4 is 23.7 Å². The Morgan fingerprint density at radius 2 is 1.21 bits per heavy atom. The summed E-state index contributed by atoms with van der Waals surface area (Å²) in [6.45, 7) is 0. The summed E-state index contributed by atoms with van der Waals surface area (Å²) in [4.78, 5) is 55.0. The molecule has 208 valence electrons. The second kappa shape index (κ2) is 12.0. The first-order valence-electron chi connectivity index (χ1n) is 13.5. The topological polar surface area (TPSA) is 125 Å². The number of hydrogen-bond acceptors (Lipinski definition) is 6. The van der Waals surface area contributed by atoms with E-state index in [1.807, 2.05) is 0 Å². The fraction of sp³-hybridized carbons (Fsp3) is 0.467. The van der Waals surface area contributed by atoms with Gasteiger partial charge in [0, 0.05) is 19.7 Å². The minimum Gasteiger partial charge on any atom is -0.446 e. The third-order valence-electron chi connectivity index (χ3n) is 7.77. The van der Waals surface area contributed by atoms with Gasteiger partial charge in [-0.25, -0.2) is 4.79 Å². The molecule has 9 nitrogen and oxygen atoms in total. The molecule has 9 heteroatoms. The molecule has 0 saturated heterocycles. The van der Waals surface area contributed by atoms with E-state index in [9.17, 15) is 24.3 Å².